The smallest absolute Gasteiger partial charge is 0.0316 e. The molecule has 1 aromatic carbocycles. The largest absolute Gasteiger partial charge is 0.399 e. The van der Waals surface area contributed by atoms with Gasteiger partial charge in [0.1, 0.15) is 0 Å². The molecule has 0 aliphatic carbocycles. The van der Waals surface area contributed by atoms with Gasteiger partial charge >= 0.3 is 0 Å². The van der Waals surface area contributed by atoms with Gasteiger partial charge in [-0.05, 0) is 31.0 Å². The summed E-state index contributed by atoms with van der Waals surface area (Å²) in [6, 6.07) is 8.96. The molecule has 1 saturated heterocycles. The van der Waals surface area contributed by atoms with Crippen LogP contribution in [0.3, 0.4) is 0 Å². The van der Waals surface area contributed by atoms with Crippen molar-refractivity contribution in [3.63, 3.8) is 0 Å². The lowest BCUT2D eigenvalue weighted by molar-refractivity contribution is 0.235. The third-order valence-corrected chi connectivity index (χ3v) is 4.33. The van der Waals surface area contributed by atoms with Gasteiger partial charge in [-0.3, -0.25) is 4.90 Å². The monoisotopic (exact) mass is 236 g/mol. The molecule has 0 aromatic heterocycles. The van der Waals surface area contributed by atoms with Crippen molar-refractivity contribution in [1.29, 1.82) is 0 Å². The van der Waals surface area contributed by atoms with Gasteiger partial charge < -0.3 is 5.73 Å². The fourth-order valence-electron chi connectivity index (χ4n) is 2.12. The zero-order valence-corrected chi connectivity index (χ0v) is 10.7. The number of nitrogens with two attached hydrogens (primary N) is 1. The molecule has 1 heterocycles. The predicted molar refractivity (Wildman–Crippen MR) is 72.9 cm³/mol. The maximum Gasteiger partial charge on any atom is 0.0316 e. The highest BCUT2D eigenvalue weighted by Gasteiger charge is 2.17. The maximum absolute atomic E-state index is 5.78. The summed E-state index contributed by atoms with van der Waals surface area (Å²) in [5, 5.41) is 0. The number of nitrogens with zero attached hydrogens (tertiary/aromatic N) is 1. The third-order valence-electron chi connectivity index (χ3n) is 3.14. The van der Waals surface area contributed by atoms with Crippen molar-refractivity contribution in [2.75, 3.05) is 30.3 Å². The molecule has 1 aromatic rings. The van der Waals surface area contributed by atoms with E-state index in [1.165, 1.54) is 23.6 Å². The van der Waals surface area contributed by atoms with Crippen molar-refractivity contribution in [2.45, 2.75) is 19.4 Å². The summed E-state index contributed by atoms with van der Waals surface area (Å²) >= 11 is 2.07. The number of nitrogen functional groups attached to an aromatic ring is 1. The summed E-state index contributed by atoms with van der Waals surface area (Å²) < 4.78 is 0. The molecule has 0 bridgehead atoms. The third kappa shape index (κ3) is 3.16. The zero-order valence-electron chi connectivity index (χ0n) is 9.86. The molecule has 2 nitrogen and oxygen atoms in total. The Hall–Kier alpha value is -0.670. The van der Waals surface area contributed by atoms with Gasteiger partial charge in [-0.15, -0.1) is 0 Å². The highest BCUT2D eigenvalue weighted by molar-refractivity contribution is 7.99. The van der Waals surface area contributed by atoms with Crippen LogP contribution in [0.5, 0.6) is 0 Å². The summed E-state index contributed by atoms with van der Waals surface area (Å²) in [6.45, 7) is 4.71. The second-order valence-electron chi connectivity index (χ2n) is 4.45. The first kappa shape index (κ1) is 11.8. The molecule has 0 spiro atoms. The van der Waals surface area contributed by atoms with E-state index in [-0.39, 0.29) is 0 Å². The molecule has 0 saturated carbocycles. The van der Waals surface area contributed by atoms with Crippen LogP contribution < -0.4 is 5.73 Å². The van der Waals surface area contributed by atoms with E-state index in [4.69, 9.17) is 5.73 Å². The SMILES string of the molecule is CC1CSCCN1CCc1cccc(N)c1. The van der Waals surface area contributed by atoms with Gasteiger partial charge in [0, 0.05) is 36.3 Å². The van der Waals surface area contributed by atoms with Crippen molar-refractivity contribution in [1.82, 2.24) is 4.90 Å². The number of thioether (sulfide) groups is 1. The Morgan fingerprint density at radius 1 is 1.50 bits per heavy atom. The van der Waals surface area contributed by atoms with E-state index in [0.29, 0.717) is 0 Å². The average Bonchev–Trinajstić information content (AvgIpc) is 2.28. The van der Waals surface area contributed by atoms with Crippen LogP contribution in [-0.4, -0.2) is 35.5 Å². The van der Waals surface area contributed by atoms with Gasteiger partial charge in [0.25, 0.3) is 0 Å². The van der Waals surface area contributed by atoms with Crippen LogP contribution >= 0.6 is 11.8 Å². The topological polar surface area (TPSA) is 29.3 Å². The van der Waals surface area contributed by atoms with Crippen molar-refractivity contribution in [2.24, 2.45) is 0 Å². The highest BCUT2D eigenvalue weighted by atomic mass is 32.2. The van der Waals surface area contributed by atoms with E-state index in [1.54, 1.807) is 0 Å². The van der Waals surface area contributed by atoms with Crippen molar-refractivity contribution in [3.05, 3.63) is 29.8 Å². The van der Waals surface area contributed by atoms with E-state index in [2.05, 4.69) is 35.7 Å². The van der Waals surface area contributed by atoms with Crippen LogP contribution in [0.2, 0.25) is 0 Å². The molecule has 1 unspecified atom stereocenters. The Kier molecular flexibility index (Phi) is 4.13. The lowest BCUT2D eigenvalue weighted by Crippen LogP contribution is -2.41. The maximum atomic E-state index is 5.78. The van der Waals surface area contributed by atoms with Gasteiger partial charge in [-0.2, -0.15) is 11.8 Å². The molecule has 1 aliphatic rings. The Bertz CT molecular complexity index is 340. The van der Waals surface area contributed by atoms with E-state index in [1.807, 2.05) is 12.1 Å². The van der Waals surface area contributed by atoms with Crippen LogP contribution in [0.15, 0.2) is 24.3 Å². The summed E-state index contributed by atoms with van der Waals surface area (Å²) in [4.78, 5) is 2.58. The Morgan fingerprint density at radius 3 is 3.12 bits per heavy atom. The van der Waals surface area contributed by atoms with Gasteiger partial charge in [-0.25, -0.2) is 0 Å². The molecule has 1 aliphatic heterocycles. The van der Waals surface area contributed by atoms with Crippen LogP contribution in [0.1, 0.15) is 12.5 Å². The first-order valence-electron chi connectivity index (χ1n) is 5.92. The molecule has 1 atom stereocenters. The number of hydrogen-bond acceptors (Lipinski definition) is 3. The van der Waals surface area contributed by atoms with E-state index in [0.717, 1.165) is 24.7 Å². The normalized spacial score (nSPS) is 22.2. The van der Waals surface area contributed by atoms with E-state index in [9.17, 15) is 0 Å². The minimum absolute atomic E-state index is 0.722. The first-order valence-corrected chi connectivity index (χ1v) is 7.07. The van der Waals surface area contributed by atoms with Crippen molar-refractivity contribution in [3.8, 4) is 0 Å². The summed E-state index contributed by atoms with van der Waals surface area (Å²) in [6.07, 6.45) is 1.11. The number of hydrogen-bond donors (Lipinski definition) is 1. The molecule has 3 heteroatoms. The molecule has 0 amide bonds. The van der Waals surface area contributed by atoms with Gasteiger partial charge in [-0.1, -0.05) is 12.1 Å². The molecule has 1 fully saturated rings. The molecular formula is C13H20N2S. The van der Waals surface area contributed by atoms with Gasteiger partial charge in [0.05, 0.1) is 0 Å². The predicted octanol–water partition coefficient (Wildman–Crippen LogP) is 2.25. The molecule has 16 heavy (non-hydrogen) atoms. The Balaban J connectivity index is 1.86. The minimum Gasteiger partial charge on any atom is -0.399 e. The molecule has 2 rings (SSSR count). The molecular weight excluding hydrogens is 216 g/mol. The van der Waals surface area contributed by atoms with Crippen LogP contribution in [0.4, 0.5) is 5.69 Å². The van der Waals surface area contributed by atoms with Crippen molar-refractivity contribution < 1.29 is 0 Å². The van der Waals surface area contributed by atoms with Crippen LogP contribution in [0.25, 0.3) is 0 Å². The lowest BCUT2D eigenvalue weighted by Gasteiger charge is -2.32. The quantitative estimate of drug-likeness (QED) is 0.816. The molecule has 2 N–H and O–H groups in total. The Labute approximate surface area is 102 Å². The lowest BCUT2D eigenvalue weighted by atomic mass is 10.1. The molecule has 0 radical (unpaired) electrons. The number of benzene rings is 1. The van der Waals surface area contributed by atoms with Crippen molar-refractivity contribution >= 4 is 17.4 Å². The fourth-order valence-corrected chi connectivity index (χ4v) is 3.20. The fraction of sp³-hybridized carbons (Fsp3) is 0.538. The zero-order chi connectivity index (χ0) is 11.4. The van der Waals surface area contributed by atoms with Gasteiger partial charge in [0.15, 0.2) is 0 Å². The average molecular weight is 236 g/mol. The van der Waals surface area contributed by atoms with E-state index >= 15 is 0 Å². The standard InChI is InChI=1S/C13H20N2S/c1-11-10-16-8-7-15(11)6-5-12-3-2-4-13(14)9-12/h2-4,9,11H,5-8,10,14H2,1H3. The summed E-state index contributed by atoms with van der Waals surface area (Å²) in [5.41, 5.74) is 8.00. The summed E-state index contributed by atoms with van der Waals surface area (Å²) in [5.74, 6) is 2.55. The highest BCUT2D eigenvalue weighted by Crippen LogP contribution is 2.16. The van der Waals surface area contributed by atoms with Gasteiger partial charge in [0.2, 0.25) is 0 Å². The molecule has 88 valence electrons. The van der Waals surface area contributed by atoms with Crippen LogP contribution in [-0.2, 0) is 6.42 Å². The number of rotatable bonds is 3. The summed E-state index contributed by atoms with van der Waals surface area (Å²) in [7, 11) is 0. The number of anilines is 1. The minimum atomic E-state index is 0.722. The Morgan fingerprint density at radius 2 is 2.38 bits per heavy atom. The first-order chi connectivity index (χ1) is 7.75. The van der Waals surface area contributed by atoms with E-state index < -0.39 is 0 Å². The second kappa shape index (κ2) is 5.60. The van der Waals surface area contributed by atoms with Crippen LogP contribution in [0, 0.1) is 0 Å². The second-order valence-corrected chi connectivity index (χ2v) is 5.60.